The van der Waals surface area contributed by atoms with Gasteiger partial charge in [0.25, 0.3) is 0 Å². The van der Waals surface area contributed by atoms with Crippen LogP contribution in [0.15, 0.2) is 18.2 Å². The van der Waals surface area contributed by atoms with Crippen LogP contribution in [0.1, 0.15) is 38.2 Å². The van der Waals surface area contributed by atoms with Crippen LogP contribution in [0.25, 0.3) is 0 Å². The van der Waals surface area contributed by atoms with Crippen molar-refractivity contribution >= 4 is 17.6 Å². The van der Waals surface area contributed by atoms with Crippen LogP contribution in [-0.4, -0.2) is 31.8 Å². The normalized spacial score (nSPS) is 22.9. The first kappa shape index (κ1) is 16.1. The number of methoxy groups -OCH3 is 1. The molecule has 0 aromatic heterocycles. The molecular weight excluding hydrogens is 290 g/mol. The monoisotopic (exact) mass is 311 g/mol. The van der Waals surface area contributed by atoms with E-state index in [9.17, 15) is 4.79 Å². The van der Waals surface area contributed by atoms with Gasteiger partial charge in [-0.25, -0.2) is 0 Å². The summed E-state index contributed by atoms with van der Waals surface area (Å²) in [7, 11) is 1.39. The van der Waals surface area contributed by atoms with E-state index in [0.29, 0.717) is 29.7 Å². The Morgan fingerprint density at radius 1 is 1.52 bits per heavy atom. The van der Waals surface area contributed by atoms with Crippen molar-refractivity contribution in [2.75, 3.05) is 13.7 Å². The van der Waals surface area contributed by atoms with Crippen LogP contribution in [0.2, 0.25) is 5.02 Å². The first-order valence-electron chi connectivity index (χ1n) is 7.32. The molecule has 21 heavy (non-hydrogen) atoms. The second-order valence-electron chi connectivity index (χ2n) is 5.46. The summed E-state index contributed by atoms with van der Waals surface area (Å²) in [6.07, 6.45) is 1.60. The predicted octanol–water partition coefficient (Wildman–Crippen LogP) is 3.14. The van der Waals surface area contributed by atoms with Crippen molar-refractivity contribution in [2.45, 2.75) is 44.8 Å². The number of carbonyl (C=O) groups is 1. The van der Waals surface area contributed by atoms with Crippen molar-refractivity contribution in [3.8, 4) is 5.75 Å². The number of nitrogens with one attached hydrogen (secondary N) is 1. The van der Waals surface area contributed by atoms with Gasteiger partial charge in [0.2, 0.25) is 0 Å². The molecule has 0 unspecified atom stereocenters. The molecule has 5 heteroatoms. The fourth-order valence-corrected chi connectivity index (χ4v) is 2.68. The Morgan fingerprint density at radius 3 is 2.90 bits per heavy atom. The van der Waals surface area contributed by atoms with Gasteiger partial charge in [-0.1, -0.05) is 31.5 Å². The van der Waals surface area contributed by atoms with Crippen molar-refractivity contribution < 1.29 is 14.3 Å². The highest BCUT2D eigenvalue weighted by Crippen LogP contribution is 2.31. The molecule has 0 amide bonds. The van der Waals surface area contributed by atoms with Crippen molar-refractivity contribution in [1.82, 2.24) is 5.32 Å². The van der Waals surface area contributed by atoms with Crippen LogP contribution < -0.4 is 10.1 Å². The number of hydrogen-bond acceptors (Lipinski definition) is 4. The number of esters is 1. The second kappa shape index (κ2) is 7.14. The zero-order valence-corrected chi connectivity index (χ0v) is 13.4. The van der Waals surface area contributed by atoms with Crippen LogP contribution in [0.5, 0.6) is 5.75 Å². The van der Waals surface area contributed by atoms with Crippen molar-refractivity contribution in [3.63, 3.8) is 0 Å². The highest BCUT2D eigenvalue weighted by molar-refractivity contribution is 6.32. The predicted molar refractivity (Wildman–Crippen MR) is 83.0 cm³/mol. The lowest BCUT2D eigenvalue weighted by Gasteiger charge is -2.16. The Hall–Kier alpha value is -1.26. The molecule has 1 aliphatic heterocycles. The maximum absolute atomic E-state index is 11.5. The minimum Gasteiger partial charge on any atom is -0.487 e. The Morgan fingerprint density at radius 2 is 2.29 bits per heavy atom. The maximum Gasteiger partial charge on any atom is 0.323 e. The minimum absolute atomic E-state index is 0.0685. The van der Waals surface area contributed by atoms with Crippen LogP contribution >= 0.6 is 11.6 Å². The highest BCUT2D eigenvalue weighted by Gasteiger charge is 2.31. The van der Waals surface area contributed by atoms with Crippen LogP contribution in [0, 0.1) is 0 Å². The van der Waals surface area contributed by atoms with Gasteiger partial charge in [-0.2, -0.15) is 0 Å². The largest absolute Gasteiger partial charge is 0.487 e. The van der Waals surface area contributed by atoms with Crippen LogP contribution in [-0.2, 0) is 9.53 Å². The summed E-state index contributed by atoms with van der Waals surface area (Å²) in [6, 6.07) is 5.63. The van der Waals surface area contributed by atoms with Crippen molar-refractivity contribution in [2.24, 2.45) is 0 Å². The standard InChI is InChI=1S/C16H22ClNO3/c1-4-10(2)11-5-6-15(13(17)7-11)21-12-8-14(18-9-12)16(19)20-3/h5-7,10,12,14,18H,4,8-9H2,1-3H3/t10-,12-,14-/m0/s1. The molecule has 1 aliphatic rings. The zero-order chi connectivity index (χ0) is 15.4. The number of benzene rings is 1. The van der Waals surface area contributed by atoms with Crippen LogP contribution in [0.4, 0.5) is 0 Å². The van der Waals surface area contributed by atoms with Gasteiger partial charge < -0.3 is 14.8 Å². The number of ether oxygens (including phenoxy) is 2. The zero-order valence-electron chi connectivity index (χ0n) is 12.7. The Labute approximate surface area is 130 Å². The lowest BCUT2D eigenvalue weighted by atomic mass is 9.99. The molecule has 1 aromatic carbocycles. The van der Waals surface area contributed by atoms with E-state index in [1.54, 1.807) is 0 Å². The summed E-state index contributed by atoms with van der Waals surface area (Å²) in [5.74, 6) is 0.897. The van der Waals surface area contributed by atoms with Gasteiger partial charge >= 0.3 is 5.97 Å². The van der Waals surface area contributed by atoms with E-state index >= 15 is 0 Å². The quantitative estimate of drug-likeness (QED) is 0.849. The smallest absolute Gasteiger partial charge is 0.323 e. The third-order valence-corrected chi connectivity index (χ3v) is 4.30. The first-order valence-corrected chi connectivity index (χ1v) is 7.70. The molecule has 0 spiro atoms. The Kier molecular flexibility index (Phi) is 5.48. The number of halogens is 1. The van der Waals surface area contributed by atoms with E-state index in [2.05, 4.69) is 25.2 Å². The lowest BCUT2D eigenvalue weighted by molar-refractivity contribution is -0.142. The van der Waals surface area contributed by atoms with E-state index in [-0.39, 0.29) is 18.1 Å². The van der Waals surface area contributed by atoms with Crippen LogP contribution in [0.3, 0.4) is 0 Å². The lowest BCUT2D eigenvalue weighted by Crippen LogP contribution is -2.31. The van der Waals surface area contributed by atoms with Gasteiger partial charge in [-0.3, -0.25) is 4.79 Å². The molecule has 1 aromatic rings. The van der Waals surface area contributed by atoms with E-state index in [1.165, 1.54) is 12.7 Å². The SMILES string of the molecule is CC[C@H](C)c1ccc(O[C@@H]2CN[C@H](C(=O)OC)C2)c(Cl)c1. The molecule has 1 N–H and O–H groups in total. The molecule has 0 saturated carbocycles. The molecule has 1 heterocycles. The van der Waals surface area contributed by atoms with E-state index in [1.807, 2.05) is 12.1 Å². The van der Waals surface area contributed by atoms with Crippen molar-refractivity contribution in [1.29, 1.82) is 0 Å². The van der Waals surface area contributed by atoms with Gasteiger partial charge in [-0.15, -0.1) is 0 Å². The van der Waals surface area contributed by atoms with E-state index in [4.69, 9.17) is 21.1 Å². The average Bonchev–Trinajstić information content (AvgIpc) is 2.96. The number of carbonyl (C=O) groups excluding carboxylic acids is 1. The molecule has 1 saturated heterocycles. The summed E-state index contributed by atoms with van der Waals surface area (Å²) in [4.78, 5) is 11.5. The van der Waals surface area contributed by atoms with Gasteiger partial charge in [-0.05, 0) is 30.0 Å². The fraction of sp³-hybridized carbons (Fsp3) is 0.562. The van der Waals surface area contributed by atoms with Gasteiger partial charge in [0, 0.05) is 13.0 Å². The fourth-order valence-electron chi connectivity index (χ4n) is 2.45. The van der Waals surface area contributed by atoms with Gasteiger partial charge in [0.15, 0.2) is 0 Å². The molecule has 1 fully saturated rings. The Balaban J connectivity index is 1.99. The highest BCUT2D eigenvalue weighted by atomic mass is 35.5. The molecule has 0 aliphatic carbocycles. The summed E-state index contributed by atoms with van der Waals surface area (Å²) in [5, 5.41) is 3.71. The molecule has 2 rings (SSSR count). The molecule has 0 bridgehead atoms. The molecule has 0 radical (unpaired) electrons. The molecule has 3 atom stereocenters. The summed E-state index contributed by atoms with van der Waals surface area (Å²) in [5.41, 5.74) is 1.21. The third-order valence-electron chi connectivity index (χ3n) is 4.01. The minimum atomic E-state index is -0.293. The van der Waals surface area contributed by atoms with E-state index < -0.39 is 0 Å². The molecular formula is C16H22ClNO3. The Bertz CT molecular complexity index is 506. The topological polar surface area (TPSA) is 47.6 Å². The van der Waals surface area contributed by atoms with E-state index in [0.717, 1.165) is 6.42 Å². The van der Waals surface area contributed by atoms with Gasteiger partial charge in [0.1, 0.15) is 17.9 Å². The second-order valence-corrected chi connectivity index (χ2v) is 5.87. The number of hydrogen-bond donors (Lipinski definition) is 1. The summed E-state index contributed by atoms with van der Waals surface area (Å²) in [6.45, 7) is 4.94. The maximum atomic E-state index is 11.5. The summed E-state index contributed by atoms with van der Waals surface area (Å²) >= 11 is 6.30. The average molecular weight is 312 g/mol. The molecule has 116 valence electrons. The molecule has 4 nitrogen and oxygen atoms in total. The summed E-state index contributed by atoms with van der Waals surface area (Å²) < 4.78 is 10.6. The van der Waals surface area contributed by atoms with Crippen molar-refractivity contribution in [3.05, 3.63) is 28.8 Å². The van der Waals surface area contributed by atoms with Gasteiger partial charge in [0.05, 0.1) is 12.1 Å². The first-order chi connectivity index (χ1) is 10.0. The third kappa shape index (κ3) is 3.89. The number of rotatable bonds is 5.